The summed E-state index contributed by atoms with van der Waals surface area (Å²) in [6, 6.07) is 15.0. The van der Waals surface area contributed by atoms with E-state index in [0.717, 1.165) is 11.1 Å². The van der Waals surface area contributed by atoms with Gasteiger partial charge >= 0.3 is 0 Å². The van der Waals surface area contributed by atoms with E-state index in [4.69, 9.17) is 14.0 Å². The normalized spacial score (nSPS) is 12.5. The van der Waals surface area contributed by atoms with Gasteiger partial charge in [0.05, 0.1) is 6.54 Å². The summed E-state index contributed by atoms with van der Waals surface area (Å²) in [5.41, 5.74) is 1.70. The third-order valence-corrected chi connectivity index (χ3v) is 3.74. The highest BCUT2D eigenvalue weighted by Crippen LogP contribution is 2.32. The number of hydrogen-bond donors (Lipinski definition) is 1. The molecule has 7 heteroatoms. The second-order valence-corrected chi connectivity index (χ2v) is 5.54. The first-order valence-electron chi connectivity index (χ1n) is 8.01. The average Bonchev–Trinajstić information content (AvgIpc) is 3.34. The molecule has 0 bridgehead atoms. The van der Waals surface area contributed by atoms with E-state index in [-0.39, 0.29) is 19.2 Å². The molecule has 4 rings (SSSR count). The van der Waals surface area contributed by atoms with Crippen LogP contribution in [0.3, 0.4) is 0 Å². The Morgan fingerprint density at radius 2 is 1.96 bits per heavy atom. The maximum atomic E-state index is 12.0. The number of fused-ring (bicyclic) bond motifs is 1. The minimum atomic E-state index is -0.262. The van der Waals surface area contributed by atoms with Crippen LogP contribution in [0.4, 0.5) is 0 Å². The molecular formula is C19H15N3O4. The summed E-state index contributed by atoms with van der Waals surface area (Å²) in [6.07, 6.45) is 3.13. The Bertz CT molecular complexity index is 950. The molecule has 7 nitrogen and oxygen atoms in total. The summed E-state index contributed by atoms with van der Waals surface area (Å²) in [4.78, 5) is 16.2. The van der Waals surface area contributed by atoms with Crippen molar-refractivity contribution in [3.8, 4) is 22.9 Å². The monoisotopic (exact) mass is 349 g/mol. The van der Waals surface area contributed by atoms with Crippen molar-refractivity contribution in [1.82, 2.24) is 15.5 Å². The van der Waals surface area contributed by atoms with E-state index < -0.39 is 0 Å². The predicted molar refractivity (Wildman–Crippen MR) is 93.2 cm³/mol. The Morgan fingerprint density at radius 1 is 1.12 bits per heavy atom. The number of nitrogens with zero attached hydrogens (tertiary/aromatic N) is 2. The van der Waals surface area contributed by atoms with Crippen molar-refractivity contribution < 1.29 is 18.8 Å². The summed E-state index contributed by atoms with van der Waals surface area (Å²) >= 11 is 0. The van der Waals surface area contributed by atoms with Crippen molar-refractivity contribution in [1.29, 1.82) is 0 Å². The van der Waals surface area contributed by atoms with E-state index in [2.05, 4.69) is 15.5 Å². The van der Waals surface area contributed by atoms with E-state index in [1.54, 1.807) is 6.08 Å². The first-order chi connectivity index (χ1) is 12.8. The molecule has 2 aromatic carbocycles. The average molecular weight is 349 g/mol. The minimum Gasteiger partial charge on any atom is -0.454 e. The van der Waals surface area contributed by atoms with Gasteiger partial charge in [-0.3, -0.25) is 4.79 Å². The number of nitrogens with one attached hydrogen (secondary N) is 1. The molecule has 1 N–H and O–H groups in total. The summed E-state index contributed by atoms with van der Waals surface area (Å²) in [7, 11) is 0. The zero-order valence-electron chi connectivity index (χ0n) is 13.7. The van der Waals surface area contributed by atoms with Gasteiger partial charge < -0.3 is 19.3 Å². The van der Waals surface area contributed by atoms with Gasteiger partial charge in [0.15, 0.2) is 11.5 Å². The van der Waals surface area contributed by atoms with Crippen LogP contribution in [0.1, 0.15) is 11.5 Å². The molecule has 130 valence electrons. The fourth-order valence-electron chi connectivity index (χ4n) is 2.44. The third kappa shape index (κ3) is 3.56. The lowest BCUT2D eigenvalue weighted by molar-refractivity contribution is -0.116. The van der Waals surface area contributed by atoms with Gasteiger partial charge in [0, 0.05) is 11.6 Å². The number of rotatable bonds is 5. The van der Waals surface area contributed by atoms with E-state index in [9.17, 15) is 4.79 Å². The molecule has 0 aliphatic carbocycles. The highest BCUT2D eigenvalue weighted by Gasteiger charge is 2.12. The number of benzene rings is 2. The summed E-state index contributed by atoms with van der Waals surface area (Å²) in [5, 5.41) is 6.62. The molecule has 1 aliphatic rings. The van der Waals surface area contributed by atoms with Gasteiger partial charge in [0.25, 0.3) is 0 Å². The molecule has 1 amide bonds. The van der Waals surface area contributed by atoms with E-state index >= 15 is 0 Å². The van der Waals surface area contributed by atoms with Gasteiger partial charge in [-0.2, -0.15) is 4.98 Å². The lowest BCUT2D eigenvalue weighted by Gasteiger charge is -1.99. The van der Waals surface area contributed by atoms with Crippen molar-refractivity contribution >= 4 is 12.0 Å². The maximum Gasteiger partial charge on any atom is 0.246 e. The highest BCUT2D eigenvalue weighted by molar-refractivity contribution is 5.91. The Labute approximate surface area is 149 Å². The van der Waals surface area contributed by atoms with Crippen molar-refractivity contribution in [3.63, 3.8) is 0 Å². The van der Waals surface area contributed by atoms with Crippen molar-refractivity contribution in [2.24, 2.45) is 0 Å². The van der Waals surface area contributed by atoms with Gasteiger partial charge in [-0.25, -0.2) is 0 Å². The second-order valence-electron chi connectivity index (χ2n) is 5.54. The number of amides is 1. The maximum absolute atomic E-state index is 12.0. The van der Waals surface area contributed by atoms with Crippen molar-refractivity contribution in [2.45, 2.75) is 6.54 Å². The molecule has 1 aromatic heterocycles. The van der Waals surface area contributed by atoms with Crippen LogP contribution in [-0.4, -0.2) is 22.8 Å². The van der Waals surface area contributed by atoms with Crippen LogP contribution in [0.5, 0.6) is 11.5 Å². The van der Waals surface area contributed by atoms with Crippen molar-refractivity contribution in [2.75, 3.05) is 6.79 Å². The van der Waals surface area contributed by atoms with Crippen LogP contribution < -0.4 is 14.8 Å². The number of hydrogen-bond acceptors (Lipinski definition) is 6. The number of carbonyl (C=O) groups is 1. The zero-order chi connectivity index (χ0) is 17.8. The number of ether oxygens (including phenoxy) is 2. The molecule has 0 saturated heterocycles. The van der Waals surface area contributed by atoms with Gasteiger partial charge in [-0.05, 0) is 23.8 Å². The fraction of sp³-hybridized carbons (Fsp3) is 0.105. The topological polar surface area (TPSA) is 86.5 Å². The fourth-order valence-corrected chi connectivity index (χ4v) is 2.44. The standard InChI is InChI=1S/C19H15N3O4/c23-17(9-7-13-6-8-15-16(10-13)25-12-24-15)20-11-18-21-19(22-26-18)14-4-2-1-3-5-14/h1-10H,11-12H2,(H,20,23)/b9-7+. The Hall–Kier alpha value is -3.61. The second kappa shape index (κ2) is 7.10. The smallest absolute Gasteiger partial charge is 0.246 e. The first-order valence-corrected chi connectivity index (χ1v) is 8.01. The zero-order valence-corrected chi connectivity index (χ0v) is 13.7. The predicted octanol–water partition coefficient (Wildman–Crippen LogP) is 2.79. The third-order valence-electron chi connectivity index (χ3n) is 3.74. The molecule has 0 fully saturated rings. The van der Waals surface area contributed by atoms with Gasteiger partial charge in [-0.1, -0.05) is 41.6 Å². The summed E-state index contributed by atoms with van der Waals surface area (Å²) < 4.78 is 15.7. The first kappa shape index (κ1) is 15.9. The van der Waals surface area contributed by atoms with Gasteiger partial charge in [-0.15, -0.1) is 0 Å². The summed E-state index contributed by atoms with van der Waals surface area (Å²) in [5.74, 6) is 1.95. The molecule has 0 atom stereocenters. The minimum absolute atomic E-state index is 0.157. The lowest BCUT2D eigenvalue weighted by atomic mass is 10.2. The van der Waals surface area contributed by atoms with E-state index in [0.29, 0.717) is 23.2 Å². The van der Waals surface area contributed by atoms with Crippen LogP contribution in [0.15, 0.2) is 59.1 Å². The van der Waals surface area contributed by atoms with Crippen LogP contribution in [-0.2, 0) is 11.3 Å². The van der Waals surface area contributed by atoms with E-state index in [1.165, 1.54) is 6.08 Å². The number of aromatic nitrogens is 2. The SMILES string of the molecule is O=C(/C=C/c1ccc2c(c1)OCO2)NCc1nc(-c2ccccc2)no1. The van der Waals surface area contributed by atoms with Crippen molar-refractivity contribution in [3.05, 3.63) is 66.1 Å². The van der Waals surface area contributed by atoms with Crippen LogP contribution in [0, 0.1) is 0 Å². The molecular weight excluding hydrogens is 334 g/mol. The molecule has 3 aromatic rings. The Balaban J connectivity index is 1.33. The van der Waals surface area contributed by atoms with Crippen LogP contribution in [0.25, 0.3) is 17.5 Å². The van der Waals surface area contributed by atoms with Crippen LogP contribution in [0.2, 0.25) is 0 Å². The lowest BCUT2D eigenvalue weighted by Crippen LogP contribution is -2.20. The quantitative estimate of drug-likeness (QED) is 0.713. The summed E-state index contributed by atoms with van der Waals surface area (Å²) in [6.45, 7) is 0.377. The molecule has 0 spiro atoms. The molecule has 0 unspecified atom stereocenters. The molecule has 0 radical (unpaired) electrons. The number of carbonyl (C=O) groups excluding carboxylic acids is 1. The van der Waals surface area contributed by atoms with Crippen LogP contribution >= 0.6 is 0 Å². The Morgan fingerprint density at radius 3 is 2.85 bits per heavy atom. The van der Waals surface area contributed by atoms with Gasteiger partial charge in [0.2, 0.25) is 24.4 Å². The van der Waals surface area contributed by atoms with E-state index in [1.807, 2.05) is 48.5 Å². The molecule has 0 saturated carbocycles. The molecule has 1 aliphatic heterocycles. The Kier molecular flexibility index (Phi) is 4.34. The largest absolute Gasteiger partial charge is 0.454 e. The van der Waals surface area contributed by atoms with Gasteiger partial charge in [0.1, 0.15) is 0 Å². The highest BCUT2D eigenvalue weighted by atomic mass is 16.7. The molecule has 2 heterocycles. The molecule has 26 heavy (non-hydrogen) atoms.